The maximum absolute atomic E-state index is 12.4. The number of aromatic nitrogens is 2. The molecule has 0 aliphatic heterocycles. The number of anilines is 1. The average molecular weight is 325 g/mol. The summed E-state index contributed by atoms with van der Waals surface area (Å²) in [5.41, 5.74) is 0.306. The number of halogens is 2. The van der Waals surface area contributed by atoms with Crippen molar-refractivity contribution in [2.45, 2.75) is 19.6 Å². The summed E-state index contributed by atoms with van der Waals surface area (Å²) in [6, 6.07) is 9.87. The Balaban J connectivity index is 1.99. The number of amides is 1. The molecule has 7 nitrogen and oxygen atoms in total. The minimum Gasteiger partial charge on any atom is -0.477 e. The molecular formula is C14H13F2N3O4. The number of benzene rings is 1. The van der Waals surface area contributed by atoms with Gasteiger partial charge in [-0.3, -0.25) is 10.00 Å². The molecule has 0 atom stereocenters. The lowest BCUT2D eigenvalue weighted by Gasteiger charge is -2.05. The lowest BCUT2D eigenvalue weighted by atomic mass is 10.2. The SMILES string of the molecule is O=C(Nc1cc(C(=O)O)n(CC(F)F)n1)OCc1ccccc1. The zero-order valence-corrected chi connectivity index (χ0v) is 11.8. The number of aromatic carboxylic acids is 1. The molecule has 0 aliphatic carbocycles. The first-order valence-corrected chi connectivity index (χ1v) is 6.52. The molecule has 23 heavy (non-hydrogen) atoms. The molecular weight excluding hydrogens is 312 g/mol. The summed E-state index contributed by atoms with van der Waals surface area (Å²) in [6.07, 6.45) is -3.64. The highest BCUT2D eigenvalue weighted by Gasteiger charge is 2.18. The van der Waals surface area contributed by atoms with E-state index in [1.807, 2.05) is 6.07 Å². The van der Waals surface area contributed by atoms with E-state index in [0.717, 1.165) is 11.6 Å². The van der Waals surface area contributed by atoms with Gasteiger partial charge >= 0.3 is 12.1 Å². The lowest BCUT2D eigenvalue weighted by molar-refractivity contribution is 0.0671. The van der Waals surface area contributed by atoms with Crippen molar-refractivity contribution in [1.82, 2.24) is 9.78 Å². The van der Waals surface area contributed by atoms with Gasteiger partial charge in [0.1, 0.15) is 18.8 Å². The van der Waals surface area contributed by atoms with Gasteiger partial charge in [-0.15, -0.1) is 0 Å². The number of nitrogens with zero attached hydrogens (tertiary/aromatic N) is 2. The normalized spacial score (nSPS) is 10.6. The second kappa shape index (κ2) is 7.34. The van der Waals surface area contributed by atoms with Crippen LogP contribution < -0.4 is 5.32 Å². The summed E-state index contributed by atoms with van der Waals surface area (Å²) in [6.45, 7) is -0.876. The molecule has 0 aliphatic rings. The van der Waals surface area contributed by atoms with Crippen LogP contribution in [0.4, 0.5) is 19.4 Å². The van der Waals surface area contributed by atoms with Gasteiger partial charge in [0.15, 0.2) is 5.82 Å². The van der Waals surface area contributed by atoms with E-state index in [2.05, 4.69) is 10.4 Å². The third-order valence-corrected chi connectivity index (χ3v) is 2.75. The molecule has 0 saturated heterocycles. The van der Waals surface area contributed by atoms with E-state index in [4.69, 9.17) is 9.84 Å². The van der Waals surface area contributed by atoms with E-state index < -0.39 is 30.7 Å². The molecule has 2 rings (SSSR count). The Morgan fingerprint density at radius 3 is 2.61 bits per heavy atom. The second-order valence-electron chi connectivity index (χ2n) is 4.48. The van der Waals surface area contributed by atoms with Crippen molar-refractivity contribution in [2.75, 3.05) is 5.32 Å². The molecule has 1 aromatic carbocycles. The number of alkyl halides is 2. The van der Waals surface area contributed by atoms with E-state index in [1.165, 1.54) is 0 Å². The molecule has 2 N–H and O–H groups in total. The van der Waals surface area contributed by atoms with Crippen molar-refractivity contribution < 1.29 is 28.2 Å². The minimum atomic E-state index is -2.77. The largest absolute Gasteiger partial charge is 0.477 e. The van der Waals surface area contributed by atoms with Crippen molar-refractivity contribution in [3.63, 3.8) is 0 Å². The highest BCUT2D eigenvalue weighted by Crippen LogP contribution is 2.12. The van der Waals surface area contributed by atoms with E-state index in [1.54, 1.807) is 24.3 Å². The molecule has 0 bridgehead atoms. The molecule has 0 spiro atoms. The van der Waals surface area contributed by atoms with E-state index in [9.17, 15) is 18.4 Å². The third kappa shape index (κ3) is 4.77. The monoisotopic (exact) mass is 325 g/mol. The molecule has 2 aromatic rings. The highest BCUT2D eigenvalue weighted by atomic mass is 19.3. The van der Waals surface area contributed by atoms with Gasteiger partial charge in [-0.05, 0) is 5.56 Å². The van der Waals surface area contributed by atoms with Gasteiger partial charge in [-0.1, -0.05) is 30.3 Å². The number of carbonyl (C=O) groups is 2. The first kappa shape index (κ1) is 16.4. The Labute approximate surface area is 129 Å². The fourth-order valence-corrected chi connectivity index (χ4v) is 1.78. The van der Waals surface area contributed by atoms with Gasteiger partial charge in [0, 0.05) is 6.07 Å². The number of ether oxygens (including phenoxy) is 1. The number of hydrogen-bond donors (Lipinski definition) is 2. The molecule has 1 amide bonds. The molecule has 1 heterocycles. The molecule has 0 fully saturated rings. The second-order valence-corrected chi connectivity index (χ2v) is 4.48. The number of rotatable bonds is 6. The Bertz CT molecular complexity index is 689. The summed E-state index contributed by atoms with van der Waals surface area (Å²) in [4.78, 5) is 22.6. The van der Waals surface area contributed by atoms with Crippen LogP contribution in [0.3, 0.4) is 0 Å². The van der Waals surface area contributed by atoms with Crippen molar-refractivity contribution in [3.05, 3.63) is 47.7 Å². The molecule has 1 aromatic heterocycles. The third-order valence-electron chi connectivity index (χ3n) is 2.75. The smallest absolute Gasteiger partial charge is 0.413 e. The summed E-state index contributed by atoms with van der Waals surface area (Å²) < 4.78 is 30.3. The van der Waals surface area contributed by atoms with Crippen LogP contribution in [-0.4, -0.2) is 33.4 Å². The Kier molecular flexibility index (Phi) is 5.23. The number of hydrogen-bond acceptors (Lipinski definition) is 4. The van der Waals surface area contributed by atoms with Crippen LogP contribution >= 0.6 is 0 Å². The van der Waals surface area contributed by atoms with E-state index >= 15 is 0 Å². The van der Waals surface area contributed by atoms with Crippen LogP contribution in [-0.2, 0) is 17.9 Å². The van der Waals surface area contributed by atoms with Crippen LogP contribution in [0.2, 0.25) is 0 Å². The zero-order valence-electron chi connectivity index (χ0n) is 11.8. The molecule has 9 heteroatoms. The van der Waals surface area contributed by atoms with Gasteiger partial charge in [0.2, 0.25) is 0 Å². The minimum absolute atomic E-state index is 0.0101. The number of carboxylic acids is 1. The maximum Gasteiger partial charge on any atom is 0.413 e. The Morgan fingerprint density at radius 1 is 1.30 bits per heavy atom. The number of nitrogens with one attached hydrogen (secondary N) is 1. The standard InChI is InChI=1S/C14H13F2N3O4/c15-11(16)7-19-10(13(20)21)6-12(18-19)17-14(22)23-8-9-4-2-1-3-5-9/h1-6,11H,7-8H2,(H,20,21)(H,17,18,22). The first-order valence-electron chi connectivity index (χ1n) is 6.52. The summed E-state index contributed by atoms with van der Waals surface area (Å²) in [5.74, 6) is -1.61. The van der Waals surface area contributed by atoms with Crippen molar-refractivity contribution in [1.29, 1.82) is 0 Å². The first-order chi connectivity index (χ1) is 11.0. The fraction of sp³-hybridized carbons (Fsp3) is 0.214. The van der Waals surface area contributed by atoms with E-state index in [0.29, 0.717) is 4.68 Å². The number of carboxylic acid groups (broad SMARTS) is 1. The van der Waals surface area contributed by atoms with Crippen LogP contribution in [0.5, 0.6) is 0 Å². The number of carbonyl (C=O) groups excluding carboxylic acids is 1. The van der Waals surface area contributed by atoms with Gasteiger partial charge in [-0.2, -0.15) is 5.10 Å². The van der Waals surface area contributed by atoms with Crippen LogP contribution in [0.1, 0.15) is 16.1 Å². The molecule has 0 unspecified atom stereocenters. The predicted octanol–water partition coefficient (Wildman–Crippen LogP) is 2.60. The van der Waals surface area contributed by atoms with Crippen LogP contribution in [0.25, 0.3) is 0 Å². The lowest BCUT2D eigenvalue weighted by Crippen LogP contribution is -2.16. The fourth-order valence-electron chi connectivity index (χ4n) is 1.78. The summed E-state index contributed by atoms with van der Waals surface area (Å²) in [7, 11) is 0. The van der Waals surface area contributed by atoms with Gasteiger partial charge in [0.05, 0.1) is 0 Å². The predicted molar refractivity (Wildman–Crippen MR) is 75.4 cm³/mol. The van der Waals surface area contributed by atoms with Gasteiger partial charge in [-0.25, -0.2) is 18.4 Å². The zero-order chi connectivity index (χ0) is 16.8. The van der Waals surface area contributed by atoms with Gasteiger partial charge in [0.25, 0.3) is 6.43 Å². The van der Waals surface area contributed by atoms with Crippen molar-refractivity contribution in [3.8, 4) is 0 Å². The Morgan fingerprint density at radius 2 is 2.00 bits per heavy atom. The van der Waals surface area contributed by atoms with Crippen LogP contribution in [0.15, 0.2) is 36.4 Å². The van der Waals surface area contributed by atoms with Crippen molar-refractivity contribution in [2.24, 2.45) is 0 Å². The molecule has 0 radical (unpaired) electrons. The summed E-state index contributed by atoms with van der Waals surface area (Å²) >= 11 is 0. The van der Waals surface area contributed by atoms with Gasteiger partial charge < -0.3 is 9.84 Å². The topological polar surface area (TPSA) is 93.5 Å². The highest BCUT2D eigenvalue weighted by molar-refractivity contribution is 5.89. The van der Waals surface area contributed by atoms with E-state index in [-0.39, 0.29) is 12.4 Å². The van der Waals surface area contributed by atoms with Crippen molar-refractivity contribution >= 4 is 17.9 Å². The molecule has 0 saturated carbocycles. The van der Waals surface area contributed by atoms with Crippen LogP contribution in [0, 0.1) is 0 Å². The Hall–Kier alpha value is -2.97. The summed E-state index contributed by atoms with van der Waals surface area (Å²) in [5, 5.41) is 14.7. The quantitative estimate of drug-likeness (QED) is 0.851. The molecule has 122 valence electrons. The average Bonchev–Trinajstić information content (AvgIpc) is 2.88. The maximum atomic E-state index is 12.4.